The van der Waals surface area contributed by atoms with Crippen LogP contribution in [0, 0.1) is 0 Å². The van der Waals surface area contributed by atoms with E-state index < -0.39 is 17.4 Å². The molecule has 2 amide bonds. The molecule has 62 heavy (non-hydrogen) atoms. The highest BCUT2D eigenvalue weighted by atomic mass is 16.4. The largest absolute Gasteiger partial charge is 0.481 e. The second-order valence-electron chi connectivity index (χ2n) is 16.3. The first-order valence-electron chi connectivity index (χ1n) is 21.4. The SMILES string of the molecule is CCCCCCCNC(=O)N(C)c1cccc(-c2ccc(C(CC(C)(C)Nc3cccc(C(=O)c4ccccc4)c3)C(=O)O)cc2Nc2ccccc2C(=O)c2ccccc2)c1. The monoisotopic (exact) mass is 828 g/mol. The van der Waals surface area contributed by atoms with Crippen molar-refractivity contribution in [1.82, 2.24) is 5.32 Å². The molecule has 9 nitrogen and oxygen atoms in total. The summed E-state index contributed by atoms with van der Waals surface area (Å²) in [6, 6.07) is 45.7. The van der Waals surface area contributed by atoms with E-state index in [1.807, 2.05) is 123 Å². The molecule has 0 fully saturated rings. The van der Waals surface area contributed by atoms with Gasteiger partial charge in [0.1, 0.15) is 0 Å². The van der Waals surface area contributed by atoms with Crippen molar-refractivity contribution < 1.29 is 24.3 Å². The Kier molecular flexibility index (Phi) is 15.1. The average Bonchev–Trinajstić information content (AvgIpc) is 3.29. The Morgan fingerprint density at radius 3 is 2.00 bits per heavy atom. The molecule has 9 heteroatoms. The summed E-state index contributed by atoms with van der Waals surface area (Å²) in [5, 5.41) is 20.8. The third-order valence-corrected chi connectivity index (χ3v) is 11.0. The molecule has 0 saturated carbocycles. The zero-order chi connectivity index (χ0) is 44.1. The lowest BCUT2D eigenvalue weighted by atomic mass is 9.84. The Hall–Kier alpha value is -7.00. The third kappa shape index (κ3) is 11.6. The number of hydrogen-bond donors (Lipinski definition) is 4. The van der Waals surface area contributed by atoms with Crippen LogP contribution in [0.2, 0.25) is 0 Å². The van der Waals surface area contributed by atoms with E-state index in [-0.39, 0.29) is 24.0 Å². The van der Waals surface area contributed by atoms with Gasteiger partial charge in [-0.25, -0.2) is 4.79 Å². The fourth-order valence-electron chi connectivity index (χ4n) is 7.65. The number of rotatable bonds is 20. The van der Waals surface area contributed by atoms with Gasteiger partial charge in [-0.1, -0.05) is 142 Å². The zero-order valence-electron chi connectivity index (χ0n) is 36.0. The van der Waals surface area contributed by atoms with Crippen molar-refractivity contribution in [3.63, 3.8) is 0 Å². The number of unbranched alkanes of at least 4 members (excludes halogenated alkanes) is 4. The van der Waals surface area contributed by atoms with Crippen LogP contribution in [0.3, 0.4) is 0 Å². The van der Waals surface area contributed by atoms with E-state index in [2.05, 4.69) is 22.9 Å². The van der Waals surface area contributed by atoms with Gasteiger partial charge in [-0.2, -0.15) is 0 Å². The average molecular weight is 829 g/mol. The number of carbonyl (C=O) groups is 4. The number of ketones is 2. The molecular formula is C53H56N4O5. The van der Waals surface area contributed by atoms with E-state index in [1.165, 1.54) is 6.42 Å². The minimum absolute atomic E-state index is 0.101. The molecule has 0 bridgehead atoms. The molecule has 0 radical (unpaired) electrons. The topological polar surface area (TPSA) is 128 Å². The molecular weight excluding hydrogens is 773 g/mol. The Balaban J connectivity index is 1.32. The number of para-hydroxylation sites is 1. The van der Waals surface area contributed by atoms with Crippen molar-refractivity contribution >= 4 is 46.3 Å². The maximum absolute atomic E-state index is 13.9. The first kappa shape index (κ1) is 44.5. The molecule has 0 heterocycles. The zero-order valence-corrected chi connectivity index (χ0v) is 36.0. The quantitative estimate of drug-likeness (QED) is 0.0446. The van der Waals surface area contributed by atoms with Gasteiger partial charge in [-0.05, 0) is 80.3 Å². The van der Waals surface area contributed by atoms with Gasteiger partial charge in [0, 0.05) is 69.7 Å². The smallest absolute Gasteiger partial charge is 0.321 e. The van der Waals surface area contributed by atoms with Crippen LogP contribution in [0.25, 0.3) is 11.1 Å². The van der Waals surface area contributed by atoms with Crippen LogP contribution in [0.4, 0.5) is 27.5 Å². The molecule has 0 aliphatic heterocycles. The molecule has 4 N–H and O–H groups in total. The van der Waals surface area contributed by atoms with Gasteiger partial charge in [-0.3, -0.25) is 19.3 Å². The van der Waals surface area contributed by atoms with E-state index in [9.17, 15) is 24.3 Å². The van der Waals surface area contributed by atoms with Crippen molar-refractivity contribution in [3.05, 3.63) is 179 Å². The Morgan fingerprint density at radius 2 is 1.29 bits per heavy atom. The lowest BCUT2D eigenvalue weighted by Crippen LogP contribution is -2.37. The first-order valence-corrected chi connectivity index (χ1v) is 21.4. The van der Waals surface area contributed by atoms with Gasteiger partial charge in [0.25, 0.3) is 0 Å². The summed E-state index contributed by atoms with van der Waals surface area (Å²) in [6.45, 7) is 6.66. The predicted molar refractivity (Wildman–Crippen MR) is 251 cm³/mol. The van der Waals surface area contributed by atoms with E-state index in [0.29, 0.717) is 57.1 Å². The highest BCUT2D eigenvalue weighted by molar-refractivity contribution is 6.13. The lowest BCUT2D eigenvalue weighted by molar-refractivity contribution is -0.139. The molecule has 0 aliphatic carbocycles. The predicted octanol–water partition coefficient (Wildman–Crippen LogP) is 12.1. The van der Waals surface area contributed by atoms with Crippen molar-refractivity contribution in [1.29, 1.82) is 0 Å². The lowest BCUT2D eigenvalue weighted by Gasteiger charge is -2.31. The van der Waals surface area contributed by atoms with Gasteiger partial charge in [-0.15, -0.1) is 0 Å². The van der Waals surface area contributed by atoms with E-state index in [1.54, 1.807) is 54.4 Å². The summed E-state index contributed by atoms with van der Waals surface area (Å²) in [5.74, 6) is -2.19. The summed E-state index contributed by atoms with van der Waals surface area (Å²) in [5.41, 5.74) is 6.03. The fourth-order valence-corrected chi connectivity index (χ4v) is 7.65. The number of nitrogens with zero attached hydrogens (tertiary/aromatic N) is 1. The van der Waals surface area contributed by atoms with E-state index in [4.69, 9.17) is 0 Å². The number of benzene rings is 6. The van der Waals surface area contributed by atoms with Crippen LogP contribution in [0.15, 0.2) is 152 Å². The summed E-state index contributed by atoms with van der Waals surface area (Å²) in [4.78, 5) is 55.1. The number of carboxylic acids is 1. The van der Waals surface area contributed by atoms with Gasteiger partial charge in [0.05, 0.1) is 5.92 Å². The molecule has 0 aromatic heterocycles. The van der Waals surface area contributed by atoms with Crippen molar-refractivity contribution in [3.8, 4) is 11.1 Å². The van der Waals surface area contributed by atoms with Crippen molar-refractivity contribution in [2.75, 3.05) is 29.1 Å². The highest BCUT2D eigenvalue weighted by Crippen LogP contribution is 2.38. The molecule has 1 atom stereocenters. The second kappa shape index (κ2) is 21.0. The fraction of sp³-hybridized carbons (Fsp3) is 0.245. The minimum atomic E-state index is -0.994. The molecule has 318 valence electrons. The summed E-state index contributed by atoms with van der Waals surface area (Å²) >= 11 is 0. The molecule has 0 spiro atoms. The van der Waals surface area contributed by atoms with Gasteiger partial charge in [0.15, 0.2) is 11.6 Å². The molecule has 6 aromatic rings. The highest BCUT2D eigenvalue weighted by Gasteiger charge is 2.30. The first-order chi connectivity index (χ1) is 29.9. The van der Waals surface area contributed by atoms with Crippen LogP contribution in [0.5, 0.6) is 0 Å². The van der Waals surface area contributed by atoms with Crippen LogP contribution in [-0.4, -0.2) is 47.8 Å². The number of anilines is 4. The second-order valence-corrected chi connectivity index (χ2v) is 16.3. The molecule has 0 saturated heterocycles. The Labute approximate surface area is 365 Å². The number of urea groups is 1. The molecule has 6 aromatic carbocycles. The number of carbonyl (C=O) groups excluding carboxylic acids is 3. The van der Waals surface area contributed by atoms with Gasteiger partial charge < -0.3 is 21.1 Å². The summed E-state index contributed by atoms with van der Waals surface area (Å²) < 4.78 is 0. The van der Waals surface area contributed by atoms with Crippen LogP contribution < -0.4 is 20.9 Å². The van der Waals surface area contributed by atoms with Crippen molar-refractivity contribution in [2.45, 2.75) is 70.8 Å². The van der Waals surface area contributed by atoms with Gasteiger partial charge in [0.2, 0.25) is 0 Å². The minimum Gasteiger partial charge on any atom is -0.481 e. The van der Waals surface area contributed by atoms with Crippen LogP contribution >= 0.6 is 0 Å². The molecule has 6 rings (SSSR count). The number of nitrogens with one attached hydrogen (secondary N) is 3. The Morgan fingerprint density at radius 1 is 0.645 bits per heavy atom. The molecule has 1 unspecified atom stereocenters. The van der Waals surface area contributed by atoms with E-state index in [0.717, 1.165) is 36.8 Å². The summed E-state index contributed by atoms with van der Waals surface area (Å²) in [7, 11) is 1.74. The molecule has 0 aliphatic rings. The van der Waals surface area contributed by atoms with Crippen LogP contribution in [0.1, 0.15) is 103 Å². The third-order valence-electron chi connectivity index (χ3n) is 11.0. The standard InChI is InChI=1S/C53H56N4O5/c1-5-6-7-8-17-32-54-52(62)57(4)43-27-19-24-39(34-43)44-31-30-40(35-48(44)55-47-29-16-15-28-45(47)50(59)38-22-13-10-14-23-38)46(51(60)61)36-53(2,3)56-42-26-18-25-41(33-42)49(58)37-20-11-9-12-21-37/h9-16,18-31,33-35,46,55-56H,5-8,17,32,36H2,1-4H3,(H,54,62)(H,60,61). The van der Waals surface area contributed by atoms with Gasteiger partial charge >= 0.3 is 12.0 Å². The van der Waals surface area contributed by atoms with E-state index >= 15 is 0 Å². The number of amides is 2. The maximum atomic E-state index is 13.9. The Bertz CT molecular complexity index is 2480. The number of hydrogen-bond acceptors (Lipinski definition) is 6. The number of carboxylic acid groups (broad SMARTS) is 1. The number of aliphatic carboxylic acids is 1. The normalized spacial score (nSPS) is 11.6. The summed E-state index contributed by atoms with van der Waals surface area (Å²) in [6.07, 6.45) is 5.70. The van der Waals surface area contributed by atoms with Crippen LogP contribution in [-0.2, 0) is 4.79 Å². The maximum Gasteiger partial charge on any atom is 0.321 e. The van der Waals surface area contributed by atoms with Crippen molar-refractivity contribution in [2.24, 2.45) is 0 Å².